The molecule has 0 atom stereocenters. The van der Waals surface area contributed by atoms with Gasteiger partial charge in [-0.15, -0.1) is 0 Å². The van der Waals surface area contributed by atoms with Gasteiger partial charge >= 0.3 is 11.9 Å². The lowest BCUT2D eigenvalue weighted by Crippen LogP contribution is -2.24. The Bertz CT molecular complexity index is 955. The molecule has 0 amide bonds. The number of rotatable bonds is 3. The molecule has 3 aromatic rings. The van der Waals surface area contributed by atoms with Crippen LogP contribution in [-0.2, 0) is 12.7 Å². The molecule has 130 valence electrons. The summed E-state index contributed by atoms with van der Waals surface area (Å²) in [4.78, 5) is 12.4. The first-order chi connectivity index (χ1) is 11.8. The van der Waals surface area contributed by atoms with E-state index < -0.39 is 23.2 Å². The maximum absolute atomic E-state index is 13.6. The third kappa shape index (κ3) is 3.47. The Morgan fingerprint density at radius 3 is 2.36 bits per heavy atom. The van der Waals surface area contributed by atoms with E-state index in [0.717, 1.165) is 16.8 Å². The maximum Gasteiger partial charge on any atom is 0.416 e. The van der Waals surface area contributed by atoms with Crippen LogP contribution in [0.15, 0.2) is 53.6 Å². The van der Waals surface area contributed by atoms with Crippen LogP contribution in [0.25, 0.3) is 5.69 Å². The fourth-order valence-corrected chi connectivity index (χ4v) is 2.33. The van der Waals surface area contributed by atoms with E-state index in [1.54, 1.807) is 19.1 Å². The second kappa shape index (κ2) is 6.19. The van der Waals surface area contributed by atoms with Gasteiger partial charge in [-0.05, 0) is 42.3 Å². The van der Waals surface area contributed by atoms with Gasteiger partial charge in [-0.1, -0.05) is 18.2 Å². The van der Waals surface area contributed by atoms with Gasteiger partial charge in [-0.3, -0.25) is 0 Å². The lowest BCUT2D eigenvalue weighted by Gasteiger charge is -2.07. The van der Waals surface area contributed by atoms with E-state index in [1.165, 1.54) is 29.1 Å². The monoisotopic (exact) mass is 351 g/mol. The molecule has 0 saturated carbocycles. The maximum atomic E-state index is 13.6. The van der Waals surface area contributed by atoms with E-state index in [0.29, 0.717) is 16.8 Å². The van der Waals surface area contributed by atoms with E-state index in [2.05, 4.69) is 5.10 Å². The molecular formula is C17H13F4N3O. The Morgan fingerprint density at radius 1 is 1.08 bits per heavy atom. The van der Waals surface area contributed by atoms with Crippen molar-refractivity contribution >= 4 is 0 Å². The highest BCUT2D eigenvalue weighted by atomic mass is 19.4. The van der Waals surface area contributed by atoms with Crippen molar-refractivity contribution in [1.29, 1.82) is 0 Å². The summed E-state index contributed by atoms with van der Waals surface area (Å²) in [5.74, 6) is -0.445. The molecule has 0 spiro atoms. The number of hydrogen-bond donors (Lipinski definition) is 0. The van der Waals surface area contributed by atoms with Gasteiger partial charge in [0.05, 0.1) is 17.8 Å². The highest BCUT2D eigenvalue weighted by Gasteiger charge is 2.29. The number of aryl methyl sites for hydroxylation is 1. The van der Waals surface area contributed by atoms with Crippen LogP contribution in [0.5, 0.6) is 0 Å². The van der Waals surface area contributed by atoms with Crippen molar-refractivity contribution in [3.05, 3.63) is 81.8 Å². The van der Waals surface area contributed by atoms with Crippen molar-refractivity contribution < 1.29 is 17.6 Å². The Balaban J connectivity index is 1.86. The summed E-state index contributed by atoms with van der Waals surface area (Å²) in [6.45, 7) is 1.62. The minimum Gasteiger partial charge on any atom is -0.249 e. The molecule has 0 aliphatic rings. The number of alkyl halides is 3. The van der Waals surface area contributed by atoms with Gasteiger partial charge in [0, 0.05) is 0 Å². The number of benzene rings is 2. The SMILES string of the molecule is Cc1ccc(-n2cnn(Cc3ccc(C(F)(F)F)cc3)c2=O)cc1F. The number of halogens is 4. The van der Waals surface area contributed by atoms with Crippen molar-refractivity contribution in [3.8, 4) is 5.69 Å². The Labute approximate surface area is 140 Å². The number of nitrogens with zero attached hydrogens (tertiary/aromatic N) is 3. The first-order valence-corrected chi connectivity index (χ1v) is 7.33. The van der Waals surface area contributed by atoms with E-state index >= 15 is 0 Å². The van der Waals surface area contributed by atoms with Crippen LogP contribution >= 0.6 is 0 Å². The number of aromatic nitrogens is 3. The topological polar surface area (TPSA) is 39.8 Å². The van der Waals surface area contributed by atoms with Crippen LogP contribution in [-0.4, -0.2) is 14.3 Å². The first-order valence-electron chi connectivity index (χ1n) is 7.33. The number of hydrogen-bond acceptors (Lipinski definition) is 2. The van der Waals surface area contributed by atoms with Crippen molar-refractivity contribution in [3.63, 3.8) is 0 Å². The smallest absolute Gasteiger partial charge is 0.249 e. The van der Waals surface area contributed by atoms with E-state index in [9.17, 15) is 22.4 Å². The largest absolute Gasteiger partial charge is 0.416 e. The van der Waals surface area contributed by atoms with Crippen molar-refractivity contribution in [2.45, 2.75) is 19.6 Å². The minimum absolute atomic E-state index is 0.0122. The fourth-order valence-electron chi connectivity index (χ4n) is 2.33. The highest BCUT2D eigenvalue weighted by molar-refractivity contribution is 5.35. The standard InChI is InChI=1S/C17H13F4N3O/c1-11-2-7-14(8-15(11)18)23-10-22-24(16(23)25)9-12-3-5-13(6-4-12)17(19,20)21/h2-8,10H,9H2,1H3. The summed E-state index contributed by atoms with van der Waals surface area (Å²) in [6.07, 6.45) is -3.16. The summed E-state index contributed by atoms with van der Waals surface area (Å²) < 4.78 is 53.6. The zero-order valence-electron chi connectivity index (χ0n) is 13.1. The van der Waals surface area contributed by atoms with Crippen molar-refractivity contribution in [1.82, 2.24) is 14.3 Å². The molecule has 0 N–H and O–H groups in total. The Kier molecular flexibility index (Phi) is 4.20. The van der Waals surface area contributed by atoms with E-state index in [1.807, 2.05) is 0 Å². The summed E-state index contributed by atoms with van der Waals surface area (Å²) in [7, 11) is 0. The molecule has 8 heteroatoms. The molecule has 4 nitrogen and oxygen atoms in total. The van der Waals surface area contributed by atoms with E-state index in [4.69, 9.17) is 0 Å². The lowest BCUT2D eigenvalue weighted by atomic mass is 10.1. The third-order valence-electron chi connectivity index (χ3n) is 3.78. The van der Waals surface area contributed by atoms with Crippen LogP contribution in [0.2, 0.25) is 0 Å². The van der Waals surface area contributed by atoms with Crippen LogP contribution in [0, 0.1) is 12.7 Å². The minimum atomic E-state index is -4.41. The molecule has 2 aromatic carbocycles. The zero-order chi connectivity index (χ0) is 18.2. The van der Waals surface area contributed by atoms with Gasteiger partial charge in [0.1, 0.15) is 12.1 Å². The summed E-state index contributed by atoms with van der Waals surface area (Å²) in [5, 5.41) is 3.93. The third-order valence-corrected chi connectivity index (χ3v) is 3.78. The first kappa shape index (κ1) is 16.9. The van der Waals surface area contributed by atoms with Gasteiger partial charge in [0.2, 0.25) is 0 Å². The van der Waals surface area contributed by atoms with Crippen LogP contribution < -0.4 is 5.69 Å². The van der Waals surface area contributed by atoms with Crippen molar-refractivity contribution in [2.24, 2.45) is 0 Å². The Hall–Kier alpha value is -2.90. The van der Waals surface area contributed by atoms with Gasteiger partial charge in [0.15, 0.2) is 0 Å². The second-order valence-corrected chi connectivity index (χ2v) is 5.57. The van der Waals surface area contributed by atoms with Crippen LogP contribution in [0.1, 0.15) is 16.7 Å². The van der Waals surface area contributed by atoms with E-state index in [-0.39, 0.29) is 6.54 Å². The molecule has 0 bridgehead atoms. The molecule has 0 radical (unpaired) electrons. The fraction of sp³-hybridized carbons (Fsp3) is 0.176. The van der Waals surface area contributed by atoms with Gasteiger partial charge in [0.25, 0.3) is 0 Å². The molecular weight excluding hydrogens is 338 g/mol. The molecule has 1 heterocycles. The average Bonchev–Trinajstić information content (AvgIpc) is 2.91. The highest BCUT2D eigenvalue weighted by Crippen LogP contribution is 2.29. The average molecular weight is 351 g/mol. The molecule has 0 aliphatic carbocycles. The summed E-state index contributed by atoms with van der Waals surface area (Å²) in [5.41, 5.74) is 0.00330. The molecule has 0 saturated heterocycles. The predicted octanol–water partition coefficient (Wildman–Crippen LogP) is 3.55. The molecule has 0 aliphatic heterocycles. The lowest BCUT2D eigenvalue weighted by molar-refractivity contribution is -0.137. The molecule has 1 aromatic heterocycles. The van der Waals surface area contributed by atoms with Gasteiger partial charge in [-0.25, -0.2) is 18.4 Å². The normalized spacial score (nSPS) is 11.7. The molecule has 0 unspecified atom stereocenters. The quantitative estimate of drug-likeness (QED) is 0.677. The van der Waals surface area contributed by atoms with Crippen LogP contribution in [0.3, 0.4) is 0 Å². The molecule has 25 heavy (non-hydrogen) atoms. The second-order valence-electron chi connectivity index (χ2n) is 5.57. The molecule has 3 rings (SSSR count). The van der Waals surface area contributed by atoms with Crippen molar-refractivity contribution in [2.75, 3.05) is 0 Å². The predicted molar refractivity (Wildman–Crippen MR) is 83.1 cm³/mol. The van der Waals surface area contributed by atoms with Gasteiger partial charge in [-0.2, -0.15) is 18.3 Å². The zero-order valence-corrected chi connectivity index (χ0v) is 13.1. The van der Waals surface area contributed by atoms with Gasteiger partial charge < -0.3 is 0 Å². The van der Waals surface area contributed by atoms with Crippen LogP contribution in [0.4, 0.5) is 17.6 Å². The summed E-state index contributed by atoms with van der Waals surface area (Å²) >= 11 is 0. The summed E-state index contributed by atoms with van der Waals surface area (Å²) in [6, 6.07) is 8.84. The molecule has 0 fully saturated rings. The Morgan fingerprint density at radius 2 is 1.76 bits per heavy atom.